The number of hydrogen-bond acceptors (Lipinski definition) is 7. The van der Waals surface area contributed by atoms with Gasteiger partial charge in [0, 0.05) is 12.8 Å². The van der Waals surface area contributed by atoms with Gasteiger partial charge in [-0.1, -0.05) is 323 Å². The molecule has 0 aromatic carbocycles. The van der Waals surface area contributed by atoms with Gasteiger partial charge in [-0.25, -0.2) is 4.57 Å². The highest BCUT2D eigenvalue weighted by Gasteiger charge is 2.27. The Morgan fingerprint density at radius 2 is 0.648 bits per heavy atom. The van der Waals surface area contributed by atoms with Crippen LogP contribution in [0.4, 0.5) is 0 Å². The molecule has 0 aliphatic carbocycles. The van der Waals surface area contributed by atoms with Crippen LogP contribution in [0.1, 0.15) is 335 Å². The van der Waals surface area contributed by atoms with Gasteiger partial charge in [0.1, 0.15) is 19.8 Å². The number of nitrogens with zero attached hydrogens (tertiary/aromatic N) is 1. The lowest BCUT2D eigenvalue weighted by atomic mass is 10.0. The van der Waals surface area contributed by atoms with Crippen LogP contribution in [0, 0.1) is 0 Å². The quantitative estimate of drug-likeness (QED) is 0.0211. The van der Waals surface area contributed by atoms with Crippen molar-refractivity contribution in [1.82, 2.24) is 0 Å². The molecule has 2 unspecified atom stereocenters. The zero-order valence-corrected chi connectivity index (χ0v) is 59.1. The molecule has 0 aliphatic rings. The van der Waals surface area contributed by atoms with Gasteiger partial charge in [-0.15, -0.1) is 0 Å². The van der Waals surface area contributed by atoms with Gasteiger partial charge < -0.3 is 18.9 Å². The summed E-state index contributed by atoms with van der Waals surface area (Å²) in [6, 6.07) is 0. The fourth-order valence-corrected chi connectivity index (χ4v) is 11.2. The number of carbonyl (C=O) groups excluding carboxylic acids is 2. The number of esters is 2. The fourth-order valence-electron chi connectivity index (χ4n) is 10.5. The van der Waals surface area contributed by atoms with Crippen molar-refractivity contribution in [2.24, 2.45) is 0 Å². The standard InChI is InChI=1S/C78H140NO8P/c1-6-8-10-12-14-16-18-20-22-24-26-28-30-32-33-34-35-36-37-38-39-40-41-42-43-44-45-47-48-50-52-54-56-58-60-62-64-66-68-70-77(80)84-74-76(75-86-88(82,83)85-73-72-79(3,4)5)87-78(81)71-69-67-65-63-61-59-57-55-53-51-49-46-31-29-27-25-23-21-19-17-15-13-11-9-7-2/h9,11,15,17-18,20-21,23-24,26-27,29-30,32,46,49,76H,6-8,10,12-14,16,19,22,25,28,31,33-45,47-48,50-75H2,1-5H3/p+1/b11-9-,17-15-,20-18-,23-21-,26-24-,29-27-,32-30-,49-46-. The van der Waals surface area contributed by atoms with Crippen LogP contribution < -0.4 is 0 Å². The molecule has 88 heavy (non-hydrogen) atoms. The van der Waals surface area contributed by atoms with E-state index in [0.29, 0.717) is 17.4 Å². The molecule has 0 saturated carbocycles. The van der Waals surface area contributed by atoms with Crippen LogP contribution in [-0.4, -0.2) is 74.9 Å². The van der Waals surface area contributed by atoms with Gasteiger partial charge >= 0.3 is 19.8 Å². The van der Waals surface area contributed by atoms with Crippen LogP contribution >= 0.6 is 7.82 Å². The van der Waals surface area contributed by atoms with Crippen molar-refractivity contribution in [2.75, 3.05) is 47.5 Å². The number of allylic oxidation sites excluding steroid dienone is 16. The third-order valence-corrected chi connectivity index (χ3v) is 17.1. The first-order valence-electron chi connectivity index (χ1n) is 37.0. The summed E-state index contributed by atoms with van der Waals surface area (Å²) in [4.78, 5) is 35.9. The predicted octanol–water partition coefficient (Wildman–Crippen LogP) is 24.3. The minimum Gasteiger partial charge on any atom is -0.462 e. The highest BCUT2D eigenvalue weighted by atomic mass is 31.2. The number of quaternary nitrogens is 1. The van der Waals surface area contributed by atoms with Gasteiger partial charge in [0.15, 0.2) is 6.10 Å². The Morgan fingerprint density at radius 3 is 0.966 bits per heavy atom. The van der Waals surface area contributed by atoms with Crippen LogP contribution in [0.15, 0.2) is 97.2 Å². The maximum atomic E-state index is 12.9. The first-order valence-corrected chi connectivity index (χ1v) is 38.5. The van der Waals surface area contributed by atoms with E-state index in [-0.39, 0.29) is 32.0 Å². The molecule has 9 nitrogen and oxygen atoms in total. The molecular formula is C78H141NO8P+. The number of hydrogen-bond donors (Lipinski definition) is 1. The normalized spacial score (nSPS) is 13.7. The molecule has 510 valence electrons. The third-order valence-electron chi connectivity index (χ3n) is 16.1. The van der Waals surface area contributed by atoms with E-state index in [1.165, 1.54) is 212 Å². The first-order chi connectivity index (χ1) is 43.0. The molecule has 0 fully saturated rings. The molecule has 0 spiro atoms. The highest BCUT2D eigenvalue weighted by molar-refractivity contribution is 7.47. The lowest BCUT2D eigenvalue weighted by Crippen LogP contribution is -2.37. The number of likely N-dealkylation sites (N-methyl/N-ethyl adjacent to an activating group) is 1. The lowest BCUT2D eigenvalue weighted by molar-refractivity contribution is -0.870. The molecule has 0 bridgehead atoms. The van der Waals surface area contributed by atoms with E-state index in [4.69, 9.17) is 18.5 Å². The lowest BCUT2D eigenvalue weighted by Gasteiger charge is -2.24. The Morgan fingerprint density at radius 1 is 0.364 bits per heavy atom. The maximum absolute atomic E-state index is 12.9. The molecule has 1 N–H and O–H groups in total. The summed E-state index contributed by atoms with van der Waals surface area (Å²) < 4.78 is 34.7. The monoisotopic (exact) mass is 1250 g/mol. The van der Waals surface area contributed by atoms with Crippen molar-refractivity contribution in [3.05, 3.63) is 97.2 Å². The Balaban J connectivity index is 3.96. The van der Waals surface area contributed by atoms with E-state index in [1.807, 2.05) is 21.1 Å². The molecular weight excluding hydrogens is 1110 g/mol. The van der Waals surface area contributed by atoms with E-state index >= 15 is 0 Å². The Bertz CT molecular complexity index is 1810. The zero-order chi connectivity index (χ0) is 64.1. The van der Waals surface area contributed by atoms with Gasteiger partial charge in [-0.2, -0.15) is 0 Å². The van der Waals surface area contributed by atoms with Crippen LogP contribution in [0.3, 0.4) is 0 Å². The van der Waals surface area contributed by atoms with Crippen molar-refractivity contribution in [3.63, 3.8) is 0 Å². The number of carbonyl (C=O) groups is 2. The van der Waals surface area contributed by atoms with Gasteiger partial charge in [-0.3, -0.25) is 18.6 Å². The second-order valence-corrected chi connectivity index (χ2v) is 27.4. The smallest absolute Gasteiger partial charge is 0.462 e. The van der Waals surface area contributed by atoms with Gasteiger partial charge in [0.05, 0.1) is 27.7 Å². The molecule has 10 heteroatoms. The molecule has 0 aliphatic heterocycles. The van der Waals surface area contributed by atoms with Gasteiger partial charge in [0.2, 0.25) is 0 Å². The SMILES string of the molecule is CC/C=C\C/C=C\C/C=C\C/C=C\C/C=C\CCCCCCCCCCCC(=O)OC(COC(=O)CCCCCCCCCCCCCCCCCCCCCCCCCC/C=C\C/C=C\C/C=C\CCCCCCC)COP(=O)(O)OCC[N+](C)(C)C. The Hall–Kier alpha value is -3.07. The number of unbranched alkanes of at least 4 members (excludes halogenated alkanes) is 38. The van der Waals surface area contributed by atoms with E-state index < -0.39 is 26.5 Å². The van der Waals surface area contributed by atoms with E-state index in [2.05, 4.69) is 111 Å². The summed E-state index contributed by atoms with van der Waals surface area (Å²) in [5.41, 5.74) is 0. The van der Waals surface area contributed by atoms with E-state index in [9.17, 15) is 19.0 Å². The zero-order valence-electron chi connectivity index (χ0n) is 58.2. The largest absolute Gasteiger partial charge is 0.472 e. The average Bonchev–Trinajstić information content (AvgIpc) is 3.57. The number of phosphoric ester groups is 1. The Kier molecular flexibility index (Phi) is 65.9. The highest BCUT2D eigenvalue weighted by Crippen LogP contribution is 2.43. The van der Waals surface area contributed by atoms with Crippen LogP contribution in [0.25, 0.3) is 0 Å². The topological polar surface area (TPSA) is 108 Å². The van der Waals surface area contributed by atoms with Gasteiger partial charge in [-0.05, 0) is 96.3 Å². The molecule has 0 aromatic rings. The minimum absolute atomic E-state index is 0.0281. The second kappa shape index (κ2) is 68.3. The Labute approximate surface area is 544 Å². The second-order valence-electron chi connectivity index (χ2n) is 25.9. The van der Waals surface area contributed by atoms with Crippen molar-refractivity contribution >= 4 is 19.8 Å². The first kappa shape index (κ1) is 84.9. The number of ether oxygens (including phenoxy) is 2. The number of phosphoric acid groups is 1. The van der Waals surface area contributed by atoms with Crippen molar-refractivity contribution < 1.29 is 42.1 Å². The minimum atomic E-state index is -4.40. The average molecular weight is 1250 g/mol. The predicted molar refractivity (Wildman–Crippen MR) is 381 cm³/mol. The summed E-state index contributed by atoms with van der Waals surface area (Å²) in [5.74, 6) is -0.795. The summed E-state index contributed by atoms with van der Waals surface area (Å²) in [5, 5.41) is 0. The van der Waals surface area contributed by atoms with Crippen molar-refractivity contribution in [1.29, 1.82) is 0 Å². The summed E-state index contributed by atoms with van der Waals surface area (Å²) >= 11 is 0. The van der Waals surface area contributed by atoms with E-state index in [1.54, 1.807) is 0 Å². The van der Waals surface area contributed by atoms with Crippen LogP contribution in [-0.2, 0) is 32.7 Å². The molecule has 0 aromatic heterocycles. The summed E-state index contributed by atoms with van der Waals surface area (Å²) in [6.45, 7) is 4.33. The van der Waals surface area contributed by atoms with E-state index in [0.717, 1.165) is 89.9 Å². The van der Waals surface area contributed by atoms with Crippen molar-refractivity contribution in [2.45, 2.75) is 341 Å². The van der Waals surface area contributed by atoms with Crippen LogP contribution in [0.2, 0.25) is 0 Å². The summed E-state index contributed by atoms with van der Waals surface area (Å²) in [6.07, 6.45) is 95.3. The maximum Gasteiger partial charge on any atom is 0.472 e. The fraction of sp³-hybridized carbons (Fsp3) is 0.769. The third kappa shape index (κ3) is 72.0. The van der Waals surface area contributed by atoms with Crippen molar-refractivity contribution in [3.8, 4) is 0 Å². The molecule has 2 atom stereocenters. The summed E-state index contributed by atoms with van der Waals surface area (Å²) in [7, 11) is 1.48. The molecule has 0 amide bonds. The van der Waals surface area contributed by atoms with Crippen LogP contribution in [0.5, 0.6) is 0 Å². The molecule has 0 saturated heterocycles. The molecule has 0 radical (unpaired) electrons. The molecule has 0 rings (SSSR count). The molecule has 0 heterocycles. The van der Waals surface area contributed by atoms with Gasteiger partial charge in [0.25, 0.3) is 0 Å². The number of rotatable bonds is 68.